The maximum absolute atomic E-state index is 11.0. The number of aromatic nitrogens is 2. The molecule has 0 saturated heterocycles. The fourth-order valence-corrected chi connectivity index (χ4v) is 2.21. The van der Waals surface area contributed by atoms with Gasteiger partial charge in [0.15, 0.2) is 0 Å². The number of nitrogens with zero attached hydrogens (tertiary/aromatic N) is 2. The first-order chi connectivity index (χ1) is 8.02. The Balaban J connectivity index is 2.45. The average molecular weight is 254 g/mol. The number of benzene rings is 1. The summed E-state index contributed by atoms with van der Waals surface area (Å²) < 4.78 is 32.9. The van der Waals surface area contributed by atoms with Gasteiger partial charge in [0.05, 0.1) is 22.3 Å². The van der Waals surface area contributed by atoms with Crippen LogP contribution in [-0.4, -0.2) is 22.5 Å². The van der Waals surface area contributed by atoms with Gasteiger partial charge in [-0.25, -0.2) is 4.98 Å². The molecule has 1 N–H and O–H groups in total. The third kappa shape index (κ3) is 2.48. The molecule has 0 aliphatic carbocycles. The molecule has 0 aliphatic rings. The van der Waals surface area contributed by atoms with Gasteiger partial charge in [0.2, 0.25) is 0 Å². The summed E-state index contributed by atoms with van der Waals surface area (Å²) in [5, 5.41) is 0. The topological polar surface area (TPSA) is 72.2 Å². The van der Waals surface area contributed by atoms with Crippen LogP contribution in [0.25, 0.3) is 11.0 Å². The van der Waals surface area contributed by atoms with Crippen molar-refractivity contribution in [3.63, 3.8) is 0 Å². The molecule has 0 atom stereocenters. The fraction of sp³-hybridized carbons (Fsp3) is 0.364. The Bertz CT molecular complexity index is 631. The van der Waals surface area contributed by atoms with E-state index in [4.69, 9.17) is 4.55 Å². The second-order valence-electron chi connectivity index (χ2n) is 3.92. The Kier molecular flexibility index (Phi) is 3.17. The van der Waals surface area contributed by atoms with Gasteiger partial charge in [0, 0.05) is 6.54 Å². The first-order valence-corrected chi connectivity index (χ1v) is 6.89. The summed E-state index contributed by atoms with van der Waals surface area (Å²) in [5.74, 6) is 0. The number of hydrogen-bond donors (Lipinski definition) is 1. The van der Waals surface area contributed by atoms with Crippen LogP contribution < -0.4 is 0 Å². The molecule has 2 aromatic rings. The molecule has 17 heavy (non-hydrogen) atoms. The number of imidazole rings is 1. The van der Waals surface area contributed by atoms with Crippen LogP contribution in [0.5, 0.6) is 0 Å². The molecule has 1 heterocycles. The number of hydrogen-bond acceptors (Lipinski definition) is 3. The number of rotatable bonds is 4. The van der Waals surface area contributed by atoms with Crippen LogP contribution in [0.2, 0.25) is 0 Å². The predicted octanol–water partition coefficient (Wildman–Crippen LogP) is 2.08. The summed E-state index contributed by atoms with van der Waals surface area (Å²) in [6.07, 6.45) is 3.82. The molecule has 0 spiro atoms. The summed E-state index contributed by atoms with van der Waals surface area (Å²) in [7, 11) is -4.15. The smallest absolute Gasteiger partial charge is 0.294 e. The van der Waals surface area contributed by atoms with E-state index in [0.717, 1.165) is 24.9 Å². The number of aryl methyl sites for hydroxylation is 1. The summed E-state index contributed by atoms with van der Waals surface area (Å²) in [5.41, 5.74) is 1.46. The second-order valence-corrected chi connectivity index (χ2v) is 5.34. The average Bonchev–Trinajstić information content (AvgIpc) is 2.67. The van der Waals surface area contributed by atoms with Crippen molar-refractivity contribution in [2.75, 3.05) is 0 Å². The van der Waals surface area contributed by atoms with E-state index in [1.165, 1.54) is 12.1 Å². The van der Waals surface area contributed by atoms with Gasteiger partial charge in [-0.1, -0.05) is 13.3 Å². The number of fused-ring (bicyclic) bond motifs is 1. The van der Waals surface area contributed by atoms with Crippen molar-refractivity contribution in [1.82, 2.24) is 9.55 Å². The zero-order chi connectivity index (χ0) is 12.5. The first kappa shape index (κ1) is 12.1. The van der Waals surface area contributed by atoms with Crippen molar-refractivity contribution >= 4 is 21.2 Å². The van der Waals surface area contributed by atoms with E-state index < -0.39 is 10.1 Å². The minimum absolute atomic E-state index is 0.120. The van der Waals surface area contributed by atoms with Crippen LogP contribution in [0.1, 0.15) is 19.8 Å². The van der Waals surface area contributed by atoms with Crippen molar-refractivity contribution in [3.8, 4) is 0 Å². The highest BCUT2D eigenvalue weighted by atomic mass is 32.2. The van der Waals surface area contributed by atoms with Gasteiger partial charge in [-0.2, -0.15) is 8.42 Å². The zero-order valence-corrected chi connectivity index (χ0v) is 10.3. The molecule has 0 saturated carbocycles. The molecule has 92 valence electrons. The van der Waals surface area contributed by atoms with Gasteiger partial charge in [-0.15, -0.1) is 0 Å². The molecule has 1 aromatic carbocycles. The molecule has 2 rings (SSSR count). The molecule has 0 fully saturated rings. The number of unbranched alkanes of at least 4 members (excludes halogenated alkanes) is 1. The molecule has 0 aliphatic heterocycles. The van der Waals surface area contributed by atoms with Gasteiger partial charge in [0.25, 0.3) is 10.1 Å². The minimum Gasteiger partial charge on any atom is -0.331 e. The Morgan fingerprint density at radius 2 is 2.18 bits per heavy atom. The highest BCUT2D eigenvalue weighted by Crippen LogP contribution is 2.18. The molecule has 0 bridgehead atoms. The van der Waals surface area contributed by atoms with Crippen LogP contribution >= 0.6 is 0 Å². The lowest BCUT2D eigenvalue weighted by molar-refractivity contribution is 0.483. The van der Waals surface area contributed by atoms with Crippen LogP contribution in [0.3, 0.4) is 0 Å². The lowest BCUT2D eigenvalue weighted by Crippen LogP contribution is -1.98. The second kappa shape index (κ2) is 4.46. The van der Waals surface area contributed by atoms with E-state index >= 15 is 0 Å². The van der Waals surface area contributed by atoms with Crippen LogP contribution in [0.15, 0.2) is 29.4 Å². The van der Waals surface area contributed by atoms with Crippen LogP contribution in [-0.2, 0) is 16.7 Å². The van der Waals surface area contributed by atoms with E-state index in [0.29, 0.717) is 5.52 Å². The lowest BCUT2D eigenvalue weighted by atomic mass is 10.3. The van der Waals surface area contributed by atoms with E-state index in [1.807, 2.05) is 4.57 Å². The Morgan fingerprint density at radius 1 is 1.41 bits per heavy atom. The molecule has 0 unspecified atom stereocenters. The predicted molar refractivity (Wildman–Crippen MR) is 64.5 cm³/mol. The molecule has 1 aromatic heterocycles. The van der Waals surface area contributed by atoms with E-state index in [-0.39, 0.29) is 4.90 Å². The molecular weight excluding hydrogens is 240 g/mol. The van der Waals surface area contributed by atoms with Crippen LogP contribution in [0, 0.1) is 0 Å². The van der Waals surface area contributed by atoms with Gasteiger partial charge < -0.3 is 4.57 Å². The van der Waals surface area contributed by atoms with Gasteiger partial charge in [0.1, 0.15) is 0 Å². The van der Waals surface area contributed by atoms with Crippen molar-refractivity contribution in [3.05, 3.63) is 24.5 Å². The maximum Gasteiger partial charge on any atom is 0.294 e. The van der Waals surface area contributed by atoms with Crippen molar-refractivity contribution in [2.45, 2.75) is 31.2 Å². The summed E-state index contributed by atoms with van der Waals surface area (Å²) in [4.78, 5) is 4.01. The van der Waals surface area contributed by atoms with Gasteiger partial charge in [-0.05, 0) is 24.6 Å². The lowest BCUT2D eigenvalue weighted by Gasteiger charge is -2.02. The molecule has 6 heteroatoms. The van der Waals surface area contributed by atoms with Crippen molar-refractivity contribution in [1.29, 1.82) is 0 Å². The standard InChI is InChI=1S/C11H14N2O3S/c1-2-3-6-13-8-12-10-7-9(17(14,15)16)4-5-11(10)13/h4-5,7-8H,2-3,6H2,1H3,(H,14,15,16). The first-order valence-electron chi connectivity index (χ1n) is 5.45. The van der Waals surface area contributed by atoms with E-state index in [2.05, 4.69) is 11.9 Å². The van der Waals surface area contributed by atoms with Crippen LogP contribution in [0.4, 0.5) is 0 Å². The normalized spacial score (nSPS) is 12.1. The van der Waals surface area contributed by atoms with E-state index in [1.54, 1.807) is 12.4 Å². The summed E-state index contributed by atoms with van der Waals surface area (Å²) >= 11 is 0. The summed E-state index contributed by atoms with van der Waals surface area (Å²) in [6, 6.07) is 4.44. The zero-order valence-electron chi connectivity index (χ0n) is 9.50. The quantitative estimate of drug-likeness (QED) is 0.848. The fourth-order valence-electron chi connectivity index (χ4n) is 1.71. The highest BCUT2D eigenvalue weighted by Gasteiger charge is 2.11. The molecule has 5 nitrogen and oxygen atoms in total. The van der Waals surface area contributed by atoms with Gasteiger partial charge >= 0.3 is 0 Å². The molecular formula is C11H14N2O3S. The Morgan fingerprint density at radius 3 is 2.82 bits per heavy atom. The Labute approximate surface area is 99.8 Å². The SMILES string of the molecule is CCCCn1cnc2cc(S(=O)(=O)O)ccc21. The van der Waals surface area contributed by atoms with Crippen molar-refractivity contribution < 1.29 is 13.0 Å². The van der Waals surface area contributed by atoms with Crippen molar-refractivity contribution in [2.24, 2.45) is 0 Å². The summed E-state index contributed by atoms with van der Waals surface area (Å²) in [6.45, 7) is 2.97. The monoisotopic (exact) mass is 254 g/mol. The molecule has 0 amide bonds. The largest absolute Gasteiger partial charge is 0.331 e. The van der Waals surface area contributed by atoms with Gasteiger partial charge in [-0.3, -0.25) is 4.55 Å². The third-order valence-corrected chi connectivity index (χ3v) is 3.49. The third-order valence-electron chi connectivity index (χ3n) is 2.64. The van der Waals surface area contributed by atoms with E-state index in [9.17, 15) is 8.42 Å². The minimum atomic E-state index is -4.15. The Hall–Kier alpha value is -1.40. The molecule has 0 radical (unpaired) electrons. The highest BCUT2D eigenvalue weighted by molar-refractivity contribution is 7.85. The maximum atomic E-state index is 11.0.